The summed E-state index contributed by atoms with van der Waals surface area (Å²) in [7, 11) is -2.14. The molecule has 3 rings (SSSR count). The molecule has 0 radical (unpaired) electrons. The van der Waals surface area contributed by atoms with Crippen LogP contribution in [0.3, 0.4) is 0 Å². The van der Waals surface area contributed by atoms with E-state index in [-0.39, 0.29) is 0 Å². The number of benzene rings is 3. The Morgan fingerprint density at radius 2 is 0.795 bits per heavy atom. The molecule has 0 amide bonds. The summed E-state index contributed by atoms with van der Waals surface area (Å²) in [6.07, 6.45) is 22.9. The number of rotatable bonds is 22. The zero-order valence-corrected chi connectivity index (χ0v) is 28.1. The van der Waals surface area contributed by atoms with E-state index in [2.05, 4.69) is 110 Å². The van der Waals surface area contributed by atoms with Crippen LogP contribution in [0.25, 0.3) is 0 Å². The molecule has 0 aliphatic heterocycles. The van der Waals surface area contributed by atoms with Gasteiger partial charge in [-0.15, -0.1) is 0 Å². The highest BCUT2D eigenvalue weighted by atomic mass is 31.2. The van der Waals surface area contributed by atoms with Gasteiger partial charge in [-0.2, -0.15) is 10.5 Å². The second-order valence-corrected chi connectivity index (χ2v) is 15.7. The number of nitrogens with zero attached hydrogens (tertiary/aromatic N) is 2. The molecular formula is C41H54N2P+. The highest BCUT2D eigenvalue weighted by molar-refractivity contribution is 7.95. The van der Waals surface area contributed by atoms with Gasteiger partial charge in [0.1, 0.15) is 40.9 Å². The second kappa shape index (κ2) is 21.5. The molecule has 0 fully saturated rings. The van der Waals surface area contributed by atoms with Crippen molar-refractivity contribution in [3.05, 3.63) is 102 Å². The molecule has 0 aliphatic rings. The van der Waals surface area contributed by atoms with Gasteiger partial charge >= 0.3 is 0 Å². The zero-order valence-electron chi connectivity index (χ0n) is 27.2. The number of hydrogen-bond acceptors (Lipinski definition) is 2. The molecule has 0 spiro atoms. The first-order chi connectivity index (χ1) is 21.8. The van der Waals surface area contributed by atoms with E-state index in [0.717, 1.165) is 31.0 Å². The van der Waals surface area contributed by atoms with Crippen LogP contribution >= 0.6 is 7.26 Å². The zero-order chi connectivity index (χ0) is 31.1. The predicted molar refractivity (Wildman–Crippen MR) is 192 cm³/mol. The average Bonchev–Trinajstić information content (AvgIpc) is 3.08. The monoisotopic (exact) mass is 605 g/mol. The van der Waals surface area contributed by atoms with Gasteiger partial charge in [-0.05, 0) is 54.8 Å². The van der Waals surface area contributed by atoms with Crippen LogP contribution in [0, 0.1) is 22.7 Å². The molecule has 232 valence electrons. The van der Waals surface area contributed by atoms with Gasteiger partial charge in [0.05, 0.1) is 6.16 Å². The highest BCUT2D eigenvalue weighted by Crippen LogP contribution is 2.57. The summed E-state index contributed by atoms with van der Waals surface area (Å²) in [6, 6.07) is 36.8. The summed E-state index contributed by atoms with van der Waals surface area (Å²) >= 11 is 0. The fourth-order valence-corrected chi connectivity index (χ4v) is 10.8. The molecular weight excluding hydrogens is 551 g/mol. The van der Waals surface area contributed by atoms with Crippen LogP contribution in [0.4, 0.5) is 0 Å². The van der Waals surface area contributed by atoms with E-state index in [1.54, 1.807) is 0 Å². The normalized spacial score (nSPS) is 11.1. The molecule has 0 unspecified atom stereocenters. The van der Waals surface area contributed by atoms with Gasteiger partial charge in [0.15, 0.2) is 0 Å². The second-order valence-electron chi connectivity index (χ2n) is 12.2. The summed E-state index contributed by atoms with van der Waals surface area (Å²) in [5.41, 5.74) is 1.32. The van der Waals surface area contributed by atoms with Crippen LogP contribution in [0.5, 0.6) is 0 Å². The Balaban J connectivity index is 1.57. The number of hydrogen-bond donors (Lipinski definition) is 0. The van der Waals surface area contributed by atoms with Crippen molar-refractivity contribution < 1.29 is 0 Å². The van der Waals surface area contributed by atoms with E-state index in [9.17, 15) is 10.5 Å². The van der Waals surface area contributed by atoms with Crippen molar-refractivity contribution in [2.45, 2.75) is 116 Å². The maximum atomic E-state index is 10.0. The van der Waals surface area contributed by atoms with Crippen molar-refractivity contribution in [3.63, 3.8) is 0 Å². The molecule has 3 aromatic carbocycles. The Morgan fingerprint density at radius 3 is 1.11 bits per heavy atom. The quantitative estimate of drug-likeness (QED) is 0.0650. The number of nitriles is 2. The minimum absolute atomic E-state index is 0.304. The number of unbranched alkanes of at least 4 members (excludes halogenated alkanes) is 15. The highest BCUT2D eigenvalue weighted by Gasteiger charge is 2.46. The first-order valence-corrected chi connectivity index (χ1v) is 19.3. The lowest BCUT2D eigenvalue weighted by Crippen LogP contribution is -2.34. The smallest absolute Gasteiger partial charge is 0.132 e. The Kier molecular flexibility index (Phi) is 17.2. The van der Waals surface area contributed by atoms with Gasteiger partial charge in [-0.25, -0.2) is 0 Å². The van der Waals surface area contributed by atoms with Crippen LogP contribution < -0.4 is 15.9 Å². The maximum Gasteiger partial charge on any atom is 0.132 e. The molecule has 0 atom stereocenters. The molecule has 44 heavy (non-hydrogen) atoms. The van der Waals surface area contributed by atoms with E-state index in [4.69, 9.17) is 0 Å². The maximum absolute atomic E-state index is 10.0. The lowest BCUT2D eigenvalue weighted by molar-refractivity contribution is 0.529. The summed E-state index contributed by atoms with van der Waals surface area (Å²) in [6.45, 7) is 2.28. The van der Waals surface area contributed by atoms with Crippen LogP contribution in [0.15, 0.2) is 102 Å². The summed E-state index contributed by atoms with van der Waals surface area (Å²) in [5.74, 6) is 0. The molecule has 3 aromatic rings. The van der Waals surface area contributed by atoms with Gasteiger partial charge in [0.25, 0.3) is 0 Å². The topological polar surface area (TPSA) is 47.6 Å². The largest absolute Gasteiger partial charge is 0.192 e. The first-order valence-electron chi connectivity index (χ1n) is 17.3. The Morgan fingerprint density at radius 1 is 0.477 bits per heavy atom. The average molecular weight is 606 g/mol. The standard InChI is InChI=1S/C41H54N2P/c1-2-3-4-5-6-7-8-9-10-11-12-13-14-15-16-20-27-37(38(34-42)35-43)36-44(39-28-21-17-22-29-39,40-30-23-18-24-31-40)41-32-25-19-26-33-41/h17-19,21-26,28-33H,2-16,20,27,36H2,1H3/q+1. The van der Waals surface area contributed by atoms with Crippen LogP contribution in [-0.4, -0.2) is 6.16 Å². The third-order valence-electron chi connectivity index (χ3n) is 8.93. The van der Waals surface area contributed by atoms with Crippen molar-refractivity contribution in [1.82, 2.24) is 0 Å². The molecule has 0 bridgehead atoms. The molecule has 3 heteroatoms. The predicted octanol–water partition coefficient (Wildman–Crippen LogP) is 11.0. The lowest BCUT2D eigenvalue weighted by atomic mass is 10.0. The van der Waals surface area contributed by atoms with E-state index < -0.39 is 7.26 Å². The van der Waals surface area contributed by atoms with Crippen molar-refractivity contribution in [1.29, 1.82) is 10.5 Å². The van der Waals surface area contributed by atoms with E-state index in [0.29, 0.717) is 5.57 Å². The Bertz CT molecular complexity index is 1170. The Labute approximate surface area is 269 Å². The van der Waals surface area contributed by atoms with Crippen molar-refractivity contribution in [3.8, 4) is 12.1 Å². The van der Waals surface area contributed by atoms with Crippen molar-refractivity contribution in [2.24, 2.45) is 0 Å². The third-order valence-corrected chi connectivity index (χ3v) is 13.3. The minimum atomic E-state index is -2.14. The van der Waals surface area contributed by atoms with Gasteiger partial charge in [-0.1, -0.05) is 158 Å². The van der Waals surface area contributed by atoms with Gasteiger partial charge in [0.2, 0.25) is 0 Å². The molecule has 0 saturated carbocycles. The van der Waals surface area contributed by atoms with Gasteiger partial charge in [-0.3, -0.25) is 0 Å². The molecule has 2 nitrogen and oxygen atoms in total. The molecule has 0 saturated heterocycles. The van der Waals surface area contributed by atoms with E-state index >= 15 is 0 Å². The number of allylic oxidation sites excluding steroid dienone is 2. The molecule has 0 heterocycles. The summed E-state index contributed by atoms with van der Waals surface area (Å²) in [4.78, 5) is 0. The summed E-state index contributed by atoms with van der Waals surface area (Å²) < 4.78 is 0. The first kappa shape index (κ1) is 35.3. The van der Waals surface area contributed by atoms with Gasteiger partial charge < -0.3 is 0 Å². The Hall–Kier alpha value is -3.19. The van der Waals surface area contributed by atoms with Crippen LogP contribution in [0.2, 0.25) is 0 Å². The minimum Gasteiger partial charge on any atom is -0.192 e. The van der Waals surface area contributed by atoms with Crippen LogP contribution in [0.1, 0.15) is 116 Å². The van der Waals surface area contributed by atoms with E-state index in [1.807, 2.05) is 0 Å². The molecule has 0 N–H and O–H groups in total. The fraction of sp³-hybridized carbons (Fsp3) is 0.463. The molecule has 0 aliphatic carbocycles. The summed E-state index contributed by atoms with van der Waals surface area (Å²) in [5, 5.41) is 23.9. The van der Waals surface area contributed by atoms with E-state index in [1.165, 1.54) is 106 Å². The van der Waals surface area contributed by atoms with Crippen LogP contribution in [-0.2, 0) is 0 Å². The van der Waals surface area contributed by atoms with Crippen molar-refractivity contribution >= 4 is 23.2 Å². The fourth-order valence-electron chi connectivity index (χ4n) is 6.41. The van der Waals surface area contributed by atoms with Crippen molar-refractivity contribution in [2.75, 3.05) is 6.16 Å². The van der Waals surface area contributed by atoms with Gasteiger partial charge in [0, 0.05) is 0 Å². The molecule has 0 aromatic heterocycles. The lowest BCUT2D eigenvalue weighted by Gasteiger charge is -2.28. The third kappa shape index (κ3) is 11.4. The SMILES string of the molecule is CCCCCCCCCCCCCCCCCCC(C[P+](c1ccccc1)(c1ccccc1)c1ccccc1)=C(C#N)C#N.